The molecule has 0 atom stereocenters. The number of benzene rings is 1. The molecule has 0 bridgehead atoms. The van der Waals surface area contributed by atoms with E-state index in [1.807, 2.05) is 12.1 Å². The third-order valence-electron chi connectivity index (χ3n) is 2.64. The lowest BCUT2D eigenvalue weighted by molar-refractivity contribution is -0.115. The van der Waals surface area contributed by atoms with Gasteiger partial charge in [0.15, 0.2) is 0 Å². The van der Waals surface area contributed by atoms with Crippen molar-refractivity contribution in [3.63, 3.8) is 0 Å². The Labute approximate surface area is 100 Å². The van der Waals surface area contributed by atoms with Gasteiger partial charge in [0, 0.05) is 10.6 Å². The predicted octanol–water partition coefficient (Wildman–Crippen LogP) is 2.90. The molecule has 1 aromatic carbocycles. The summed E-state index contributed by atoms with van der Waals surface area (Å²) in [4.78, 5) is 13.6. The van der Waals surface area contributed by atoms with Crippen LogP contribution in [0.4, 0.5) is 11.4 Å². The average molecular weight is 239 g/mol. The molecule has 4 heteroatoms. The van der Waals surface area contributed by atoms with Gasteiger partial charge in [-0.25, -0.2) is 0 Å². The molecule has 2 rings (SSSR count). The summed E-state index contributed by atoms with van der Waals surface area (Å²) in [6.07, 6.45) is 0. The monoisotopic (exact) mass is 238 g/mol. The van der Waals surface area contributed by atoms with Crippen LogP contribution in [0.25, 0.3) is 0 Å². The maximum absolute atomic E-state index is 11.6. The Morgan fingerprint density at radius 3 is 2.69 bits per heavy atom. The second-order valence-electron chi connectivity index (χ2n) is 4.97. The first-order valence-corrected chi connectivity index (χ1v) is 5.63. The van der Waals surface area contributed by atoms with E-state index in [-0.39, 0.29) is 11.4 Å². The second-order valence-corrected chi connectivity index (χ2v) is 5.40. The van der Waals surface area contributed by atoms with Crippen LogP contribution < -0.4 is 10.2 Å². The lowest BCUT2D eigenvalue weighted by atomic mass is 10.0. The Kier molecular flexibility index (Phi) is 2.58. The third-order valence-corrected chi connectivity index (χ3v) is 2.87. The van der Waals surface area contributed by atoms with Gasteiger partial charge < -0.3 is 10.2 Å². The molecule has 0 aromatic heterocycles. The maximum Gasteiger partial charge on any atom is 0.243 e. The van der Waals surface area contributed by atoms with Crippen molar-refractivity contribution in [3.8, 4) is 0 Å². The van der Waals surface area contributed by atoms with E-state index in [4.69, 9.17) is 11.6 Å². The number of anilines is 2. The summed E-state index contributed by atoms with van der Waals surface area (Å²) in [5.74, 6) is 0.0183. The molecule has 1 N–H and O–H groups in total. The van der Waals surface area contributed by atoms with E-state index in [0.717, 1.165) is 11.4 Å². The smallest absolute Gasteiger partial charge is 0.243 e. The van der Waals surface area contributed by atoms with Crippen LogP contribution in [-0.2, 0) is 4.79 Å². The van der Waals surface area contributed by atoms with Gasteiger partial charge in [-0.15, -0.1) is 0 Å². The molecular weight excluding hydrogens is 224 g/mol. The van der Waals surface area contributed by atoms with Crippen LogP contribution in [0.3, 0.4) is 0 Å². The summed E-state index contributed by atoms with van der Waals surface area (Å²) in [5, 5.41) is 3.53. The Hall–Kier alpha value is -1.22. The number of hydrogen-bond donors (Lipinski definition) is 1. The first kappa shape index (κ1) is 11.3. The van der Waals surface area contributed by atoms with Gasteiger partial charge >= 0.3 is 0 Å². The van der Waals surface area contributed by atoms with Gasteiger partial charge in [-0.1, -0.05) is 11.6 Å². The largest absolute Gasteiger partial charge is 0.356 e. The van der Waals surface area contributed by atoms with Crippen LogP contribution in [0.2, 0.25) is 5.02 Å². The quantitative estimate of drug-likeness (QED) is 0.754. The molecular formula is C12H15ClN2O. The minimum Gasteiger partial charge on any atom is -0.356 e. The molecule has 0 saturated carbocycles. The fraction of sp³-hybridized carbons (Fsp3) is 0.417. The van der Waals surface area contributed by atoms with Gasteiger partial charge in [0.2, 0.25) is 5.91 Å². The zero-order chi connectivity index (χ0) is 11.9. The Morgan fingerprint density at radius 2 is 2.06 bits per heavy atom. The third kappa shape index (κ3) is 2.00. The van der Waals surface area contributed by atoms with Crippen molar-refractivity contribution < 1.29 is 4.79 Å². The molecule has 3 nitrogen and oxygen atoms in total. The van der Waals surface area contributed by atoms with Gasteiger partial charge in [0.25, 0.3) is 0 Å². The number of rotatable bonds is 0. The summed E-state index contributed by atoms with van der Waals surface area (Å²) in [6.45, 7) is 6.61. The summed E-state index contributed by atoms with van der Waals surface area (Å²) in [6, 6.07) is 5.52. The van der Waals surface area contributed by atoms with Crippen LogP contribution in [0.1, 0.15) is 20.8 Å². The highest BCUT2D eigenvalue weighted by Crippen LogP contribution is 2.35. The molecule has 0 unspecified atom stereocenters. The average Bonchev–Trinajstić information content (AvgIpc) is 2.16. The summed E-state index contributed by atoms with van der Waals surface area (Å²) in [5.41, 5.74) is 1.71. The van der Waals surface area contributed by atoms with Crippen LogP contribution >= 0.6 is 11.6 Å². The summed E-state index contributed by atoms with van der Waals surface area (Å²) < 4.78 is 0. The number of nitrogens with one attached hydrogen (secondary N) is 1. The number of carbonyl (C=O) groups excluding carboxylic acids is 1. The van der Waals surface area contributed by atoms with Gasteiger partial charge in [-0.3, -0.25) is 4.79 Å². The van der Waals surface area contributed by atoms with Crippen molar-refractivity contribution >= 4 is 28.9 Å². The first-order chi connectivity index (χ1) is 7.38. The van der Waals surface area contributed by atoms with Crippen molar-refractivity contribution in [2.24, 2.45) is 0 Å². The van der Waals surface area contributed by atoms with E-state index in [1.54, 1.807) is 6.07 Å². The Balaban J connectivity index is 2.52. The van der Waals surface area contributed by atoms with Crippen molar-refractivity contribution in [3.05, 3.63) is 23.2 Å². The minimum atomic E-state index is -0.100. The highest BCUT2D eigenvalue weighted by atomic mass is 35.5. The van der Waals surface area contributed by atoms with E-state index in [9.17, 15) is 4.79 Å². The highest BCUT2D eigenvalue weighted by Gasteiger charge is 2.30. The lowest BCUT2D eigenvalue weighted by Crippen LogP contribution is -2.48. The molecule has 1 aliphatic rings. The van der Waals surface area contributed by atoms with Crippen molar-refractivity contribution in [1.82, 2.24) is 0 Å². The summed E-state index contributed by atoms with van der Waals surface area (Å²) in [7, 11) is 0. The minimum absolute atomic E-state index is 0.0183. The Morgan fingerprint density at radius 1 is 1.38 bits per heavy atom. The van der Waals surface area contributed by atoms with Crippen LogP contribution in [0.5, 0.6) is 0 Å². The van der Waals surface area contributed by atoms with Crippen molar-refractivity contribution in [1.29, 1.82) is 0 Å². The standard InChI is InChI=1S/C12H15ClN2O/c1-12(2,3)15-7-11(16)14-9-5-4-8(13)6-10(9)15/h4-6H,7H2,1-3H3,(H,14,16). The molecule has 0 saturated heterocycles. The summed E-state index contributed by atoms with van der Waals surface area (Å²) >= 11 is 5.99. The van der Waals surface area contributed by atoms with Gasteiger partial charge in [-0.05, 0) is 39.0 Å². The zero-order valence-corrected chi connectivity index (χ0v) is 10.4. The zero-order valence-electron chi connectivity index (χ0n) is 9.67. The van der Waals surface area contributed by atoms with E-state index in [2.05, 4.69) is 31.0 Å². The van der Waals surface area contributed by atoms with Gasteiger partial charge in [0.05, 0.1) is 17.9 Å². The number of fused-ring (bicyclic) bond motifs is 1. The molecule has 0 aliphatic carbocycles. The second kappa shape index (κ2) is 3.67. The topological polar surface area (TPSA) is 32.3 Å². The van der Waals surface area contributed by atoms with Crippen molar-refractivity contribution in [2.45, 2.75) is 26.3 Å². The van der Waals surface area contributed by atoms with Crippen LogP contribution in [0.15, 0.2) is 18.2 Å². The molecule has 16 heavy (non-hydrogen) atoms. The molecule has 1 aliphatic heterocycles. The molecule has 0 radical (unpaired) electrons. The molecule has 0 fully saturated rings. The number of hydrogen-bond acceptors (Lipinski definition) is 2. The number of nitrogens with zero attached hydrogens (tertiary/aromatic N) is 1. The van der Waals surface area contributed by atoms with Crippen molar-refractivity contribution in [2.75, 3.05) is 16.8 Å². The van der Waals surface area contributed by atoms with E-state index in [0.29, 0.717) is 11.6 Å². The van der Waals surface area contributed by atoms with Crippen LogP contribution in [-0.4, -0.2) is 18.0 Å². The molecule has 1 aromatic rings. The number of amides is 1. The van der Waals surface area contributed by atoms with Crippen LogP contribution in [0, 0.1) is 0 Å². The van der Waals surface area contributed by atoms with Gasteiger partial charge in [-0.2, -0.15) is 0 Å². The van der Waals surface area contributed by atoms with E-state index >= 15 is 0 Å². The SMILES string of the molecule is CC(C)(C)N1CC(=O)Nc2ccc(Cl)cc21. The highest BCUT2D eigenvalue weighted by molar-refractivity contribution is 6.31. The molecule has 0 spiro atoms. The lowest BCUT2D eigenvalue weighted by Gasteiger charge is -2.41. The van der Waals surface area contributed by atoms with E-state index < -0.39 is 0 Å². The molecule has 1 amide bonds. The predicted molar refractivity (Wildman–Crippen MR) is 67.2 cm³/mol. The number of carbonyl (C=O) groups is 1. The van der Waals surface area contributed by atoms with E-state index in [1.165, 1.54) is 0 Å². The Bertz CT molecular complexity index is 437. The van der Waals surface area contributed by atoms with Gasteiger partial charge in [0.1, 0.15) is 0 Å². The molecule has 86 valence electrons. The normalized spacial score (nSPS) is 15.8. The molecule has 1 heterocycles. The fourth-order valence-electron chi connectivity index (χ4n) is 1.85. The number of halogens is 1. The fourth-order valence-corrected chi connectivity index (χ4v) is 2.02. The first-order valence-electron chi connectivity index (χ1n) is 5.25. The maximum atomic E-state index is 11.6.